The van der Waals surface area contributed by atoms with Crippen molar-refractivity contribution in [3.05, 3.63) is 249 Å². The summed E-state index contributed by atoms with van der Waals surface area (Å²) in [5.41, 5.74) is 20.8. The van der Waals surface area contributed by atoms with Gasteiger partial charge in [-0.05, 0) is 128 Å². The van der Waals surface area contributed by atoms with E-state index in [0.29, 0.717) is 0 Å². The lowest BCUT2D eigenvalue weighted by atomic mass is 9.92. The van der Waals surface area contributed by atoms with E-state index in [0.717, 1.165) is 111 Å². The Hall–Kier alpha value is -9.18. The van der Waals surface area contributed by atoms with E-state index in [1.165, 1.54) is 27.5 Å². The third-order valence-electron chi connectivity index (χ3n) is 14.0. The molecule has 0 aliphatic carbocycles. The van der Waals surface area contributed by atoms with Crippen LogP contribution >= 0.6 is 0 Å². The summed E-state index contributed by atoms with van der Waals surface area (Å²) in [6, 6.07) is 89.8. The minimum atomic E-state index is 0.875. The summed E-state index contributed by atoms with van der Waals surface area (Å²) in [5, 5.41) is 6.75. The van der Waals surface area contributed by atoms with Crippen LogP contribution in [0.3, 0.4) is 0 Å². The maximum atomic E-state index is 6.40. The molecule has 0 spiro atoms. The van der Waals surface area contributed by atoms with Crippen LogP contribution in [0.2, 0.25) is 0 Å². The highest BCUT2D eigenvalue weighted by atomic mass is 16.3. The Morgan fingerprint density at radius 1 is 0.217 bits per heavy atom. The molecule has 322 valence electrons. The van der Waals surface area contributed by atoms with Crippen molar-refractivity contribution in [1.82, 2.24) is 4.57 Å². The summed E-state index contributed by atoms with van der Waals surface area (Å²) in [7, 11) is 0. The van der Waals surface area contributed by atoms with Crippen molar-refractivity contribution < 1.29 is 8.83 Å². The van der Waals surface area contributed by atoms with Crippen molar-refractivity contribution in [2.24, 2.45) is 0 Å². The minimum Gasteiger partial charge on any atom is -0.456 e. The Morgan fingerprint density at radius 3 is 0.971 bits per heavy atom. The molecule has 0 bridgehead atoms. The van der Waals surface area contributed by atoms with Gasteiger partial charge < -0.3 is 13.4 Å². The second-order valence-corrected chi connectivity index (χ2v) is 18.0. The normalized spacial score (nSPS) is 11.8. The molecule has 0 aliphatic heterocycles. The molecule has 0 fully saturated rings. The molecule has 14 aromatic rings. The van der Waals surface area contributed by atoms with E-state index in [-0.39, 0.29) is 0 Å². The fourth-order valence-electron chi connectivity index (χ4n) is 10.6. The van der Waals surface area contributed by atoms with Crippen molar-refractivity contribution in [2.75, 3.05) is 0 Å². The molecular formula is C66H41NO2. The maximum Gasteiger partial charge on any atom is 0.135 e. The molecule has 0 N–H and O–H groups in total. The Morgan fingerprint density at radius 2 is 0.536 bits per heavy atom. The summed E-state index contributed by atoms with van der Waals surface area (Å²) >= 11 is 0. The van der Waals surface area contributed by atoms with Gasteiger partial charge >= 0.3 is 0 Å². The Labute approximate surface area is 398 Å². The summed E-state index contributed by atoms with van der Waals surface area (Å²) < 4.78 is 15.3. The number of benzene rings is 11. The molecule has 3 nitrogen and oxygen atoms in total. The third-order valence-corrected chi connectivity index (χ3v) is 14.0. The SMILES string of the molecule is c1ccc(-c2ccc(-c3ccc(-n4c5c(-c6ccc7oc8ccccc8c7c6)cc(-c6ccccc6)cc5c5cc(-c6ccccc6)cc(-c6ccc7oc8ccccc8c7c6)c54)cc3)cc2)cc1. The van der Waals surface area contributed by atoms with Crippen LogP contribution in [0.25, 0.3) is 138 Å². The molecule has 0 radical (unpaired) electrons. The van der Waals surface area contributed by atoms with Gasteiger partial charge in [-0.25, -0.2) is 0 Å². The smallest absolute Gasteiger partial charge is 0.135 e. The third kappa shape index (κ3) is 6.51. The van der Waals surface area contributed by atoms with Crippen LogP contribution in [-0.2, 0) is 0 Å². The molecule has 0 atom stereocenters. The van der Waals surface area contributed by atoms with Gasteiger partial charge in [0.05, 0.1) is 11.0 Å². The van der Waals surface area contributed by atoms with Crippen LogP contribution < -0.4 is 0 Å². The average molecular weight is 880 g/mol. The van der Waals surface area contributed by atoms with E-state index in [9.17, 15) is 0 Å². The first-order chi connectivity index (χ1) is 34.2. The summed E-state index contributed by atoms with van der Waals surface area (Å²) in [6.45, 7) is 0. The molecule has 0 amide bonds. The summed E-state index contributed by atoms with van der Waals surface area (Å²) in [4.78, 5) is 0. The van der Waals surface area contributed by atoms with Gasteiger partial charge in [-0.3, -0.25) is 0 Å². The topological polar surface area (TPSA) is 31.2 Å². The first-order valence-electron chi connectivity index (χ1n) is 23.6. The van der Waals surface area contributed by atoms with Crippen molar-refractivity contribution in [3.63, 3.8) is 0 Å². The quantitative estimate of drug-likeness (QED) is 0.160. The molecule has 11 aromatic carbocycles. The molecule has 0 unspecified atom stereocenters. The van der Waals surface area contributed by atoms with Gasteiger partial charge in [0.25, 0.3) is 0 Å². The Kier molecular flexibility index (Phi) is 8.90. The lowest BCUT2D eigenvalue weighted by molar-refractivity contribution is 0.668. The van der Waals surface area contributed by atoms with Crippen molar-refractivity contribution in [2.45, 2.75) is 0 Å². The second-order valence-electron chi connectivity index (χ2n) is 18.0. The van der Waals surface area contributed by atoms with Gasteiger partial charge in [0.1, 0.15) is 22.3 Å². The first kappa shape index (κ1) is 39.0. The van der Waals surface area contributed by atoms with Gasteiger partial charge in [0.15, 0.2) is 0 Å². The molecule has 0 aliphatic rings. The van der Waals surface area contributed by atoms with Crippen LogP contribution in [0.15, 0.2) is 258 Å². The number of hydrogen-bond acceptors (Lipinski definition) is 2. The van der Waals surface area contributed by atoms with Gasteiger partial charge in [0, 0.05) is 49.1 Å². The predicted octanol–water partition coefficient (Wildman–Crippen LogP) is 18.6. The molecule has 0 saturated heterocycles. The van der Waals surface area contributed by atoms with Crippen molar-refractivity contribution in [1.29, 1.82) is 0 Å². The fraction of sp³-hybridized carbons (Fsp3) is 0. The predicted molar refractivity (Wildman–Crippen MR) is 288 cm³/mol. The number of nitrogens with zero attached hydrogens (tertiary/aromatic N) is 1. The van der Waals surface area contributed by atoms with Crippen molar-refractivity contribution in [3.8, 4) is 72.4 Å². The van der Waals surface area contributed by atoms with Crippen LogP contribution in [-0.4, -0.2) is 4.57 Å². The number of aromatic nitrogens is 1. The van der Waals surface area contributed by atoms with E-state index < -0.39 is 0 Å². The number of para-hydroxylation sites is 2. The standard InChI is InChI=1S/C66H41NO2/c1-4-14-42(15-5-1)45-24-26-46(27-25-45)47-28-32-52(33-29-47)67-65-55(48-30-34-63-57(36-48)53-20-10-12-22-61(53)68-63)38-50(43-16-6-2-7-17-43)40-59(65)60-41-51(44-18-8-3-9-19-44)39-56(66(60)67)49-31-35-64-58(37-49)54-21-11-13-23-62(54)69-64/h1-41H. The van der Waals surface area contributed by atoms with E-state index >= 15 is 0 Å². The molecule has 3 heteroatoms. The molecule has 3 heterocycles. The second kappa shape index (κ2) is 15.7. The van der Waals surface area contributed by atoms with Crippen LogP contribution in [0.5, 0.6) is 0 Å². The lowest BCUT2D eigenvalue weighted by Crippen LogP contribution is -1.98. The molecule has 3 aromatic heterocycles. The highest BCUT2D eigenvalue weighted by molar-refractivity contribution is 6.20. The summed E-state index contributed by atoms with van der Waals surface area (Å²) in [5.74, 6) is 0. The minimum absolute atomic E-state index is 0.875. The Bertz CT molecular complexity index is 4040. The van der Waals surface area contributed by atoms with Gasteiger partial charge in [-0.1, -0.05) is 176 Å². The highest BCUT2D eigenvalue weighted by Gasteiger charge is 2.24. The Balaban J connectivity index is 1.09. The lowest BCUT2D eigenvalue weighted by Gasteiger charge is -2.16. The average Bonchev–Trinajstić information content (AvgIpc) is 4.10. The number of fused-ring (bicyclic) bond motifs is 9. The van der Waals surface area contributed by atoms with E-state index in [2.05, 4.69) is 241 Å². The zero-order chi connectivity index (χ0) is 45.4. The fourth-order valence-corrected chi connectivity index (χ4v) is 10.6. The van der Waals surface area contributed by atoms with E-state index in [4.69, 9.17) is 8.83 Å². The van der Waals surface area contributed by atoms with E-state index in [1.807, 2.05) is 12.1 Å². The molecule has 69 heavy (non-hydrogen) atoms. The van der Waals surface area contributed by atoms with Crippen LogP contribution in [0.4, 0.5) is 0 Å². The monoisotopic (exact) mass is 879 g/mol. The van der Waals surface area contributed by atoms with Crippen LogP contribution in [0, 0.1) is 0 Å². The van der Waals surface area contributed by atoms with Gasteiger partial charge in [0.2, 0.25) is 0 Å². The highest BCUT2D eigenvalue weighted by Crippen LogP contribution is 2.47. The van der Waals surface area contributed by atoms with Gasteiger partial charge in [-0.15, -0.1) is 0 Å². The number of hydrogen-bond donors (Lipinski definition) is 0. The van der Waals surface area contributed by atoms with Gasteiger partial charge in [-0.2, -0.15) is 0 Å². The largest absolute Gasteiger partial charge is 0.456 e. The molecule has 0 saturated carbocycles. The van der Waals surface area contributed by atoms with Crippen molar-refractivity contribution >= 4 is 65.7 Å². The summed E-state index contributed by atoms with van der Waals surface area (Å²) in [6.07, 6.45) is 0. The molecule has 14 rings (SSSR count). The van der Waals surface area contributed by atoms with E-state index in [1.54, 1.807) is 0 Å². The zero-order valence-corrected chi connectivity index (χ0v) is 37.4. The van der Waals surface area contributed by atoms with Crippen LogP contribution in [0.1, 0.15) is 0 Å². The number of furan rings is 2. The zero-order valence-electron chi connectivity index (χ0n) is 37.4. The molecular weight excluding hydrogens is 839 g/mol. The maximum absolute atomic E-state index is 6.40. The first-order valence-corrected chi connectivity index (χ1v) is 23.6. The number of rotatable bonds is 7.